The van der Waals surface area contributed by atoms with E-state index in [0.29, 0.717) is 17.0 Å². The van der Waals surface area contributed by atoms with E-state index in [2.05, 4.69) is 9.71 Å². The van der Waals surface area contributed by atoms with Gasteiger partial charge in [-0.25, -0.2) is 0 Å². The third-order valence-electron chi connectivity index (χ3n) is 6.07. The molecule has 0 bridgehead atoms. The topological polar surface area (TPSA) is 104 Å². The van der Waals surface area contributed by atoms with E-state index in [9.17, 15) is 8.42 Å². The Morgan fingerprint density at radius 3 is 2.61 bits per heavy atom. The standard InChI is InChI=1S/C18H25BN4O4S/c1-17(2)18(3,4)27-19(26-17)12-7-8-13-15(10-12)28(24,25)22-16(21-13)14-6-5-9-23(14)11-20/h7-8,10-11,14,20H,5-6,9H2,1-4H3,(H,21,22)/t14-/m0/s1. The van der Waals surface area contributed by atoms with Crippen molar-refractivity contribution in [2.75, 3.05) is 11.9 Å². The van der Waals surface area contributed by atoms with Crippen LogP contribution in [0.1, 0.15) is 40.5 Å². The van der Waals surface area contributed by atoms with Crippen LogP contribution in [0.4, 0.5) is 5.69 Å². The summed E-state index contributed by atoms with van der Waals surface area (Å²) in [5.74, 6) is 0.372. The summed E-state index contributed by atoms with van der Waals surface area (Å²) >= 11 is 0. The second kappa shape index (κ2) is 6.30. The SMILES string of the molecule is CC1(C)OB(c2ccc3c(c2)S(=O)(=O)N=C([C@@H]2CCCN2C=N)N3)OC1(C)C. The van der Waals surface area contributed by atoms with Gasteiger partial charge in [0.2, 0.25) is 0 Å². The van der Waals surface area contributed by atoms with Crippen LogP contribution in [0.5, 0.6) is 0 Å². The van der Waals surface area contributed by atoms with Gasteiger partial charge in [0.25, 0.3) is 10.0 Å². The highest BCUT2D eigenvalue weighted by molar-refractivity contribution is 7.90. The number of nitrogens with zero attached hydrogens (tertiary/aromatic N) is 2. The molecule has 0 spiro atoms. The van der Waals surface area contributed by atoms with E-state index in [4.69, 9.17) is 14.7 Å². The second-order valence-corrected chi connectivity index (χ2v) is 10.0. The normalized spacial score (nSPS) is 27.1. The van der Waals surface area contributed by atoms with Crippen molar-refractivity contribution in [3.05, 3.63) is 18.2 Å². The van der Waals surface area contributed by atoms with Crippen molar-refractivity contribution in [1.82, 2.24) is 4.90 Å². The summed E-state index contributed by atoms with van der Waals surface area (Å²) in [7, 11) is -4.50. The molecule has 0 unspecified atom stereocenters. The van der Waals surface area contributed by atoms with Gasteiger partial charge >= 0.3 is 7.12 Å². The van der Waals surface area contributed by atoms with Gasteiger partial charge in [-0.15, -0.1) is 4.40 Å². The zero-order chi connectivity index (χ0) is 20.3. The fourth-order valence-corrected chi connectivity index (χ4v) is 4.91. The van der Waals surface area contributed by atoms with Crippen LogP contribution < -0.4 is 10.8 Å². The number of hydrogen-bond donors (Lipinski definition) is 2. The molecule has 0 aliphatic carbocycles. The van der Waals surface area contributed by atoms with Crippen molar-refractivity contribution in [1.29, 1.82) is 5.41 Å². The first kappa shape index (κ1) is 19.4. The average Bonchev–Trinajstić information content (AvgIpc) is 3.16. The highest BCUT2D eigenvalue weighted by Gasteiger charge is 2.52. The molecule has 1 aromatic carbocycles. The second-order valence-electron chi connectivity index (χ2n) is 8.45. The van der Waals surface area contributed by atoms with Crippen LogP contribution in [0.3, 0.4) is 0 Å². The van der Waals surface area contributed by atoms with Crippen LogP contribution in [0.2, 0.25) is 0 Å². The van der Waals surface area contributed by atoms with Gasteiger partial charge in [-0.05, 0) is 58.1 Å². The number of rotatable bonds is 3. The zero-order valence-corrected chi connectivity index (χ0v) is 17.3. The Balaban J connectivity index is 1.66. The summed E-state index contributed by atoms with van der Waals surface area (Å²) in [5, 5.41) is 10.7. The van der Waals surface area contributed by atoms with Gasteiger partial charge in [0.15, 0.2) is 0 Å². The van der Waals surface area contributed by atoms with Gasteiger partial charge < -0.3 is 19.5 Å². The number of fused-ring (bicyclic) bond motifs is 1. The fraction of sp³-hybridized carbons (Fsp3) is 0.556. The third-order valence-corrected chi connectivity index (χ3v) is 7.40. The Kier molecular flexibility index (Phi) is 4.37. The summed E-state index contributed by atoms with van der Waals surface area (Å²) in [5.41, 5.74) is 0.120. The molecule has 10 heteroatoms. The predicted molar refractivity (Wildman–Crippen MR) is 109 cm³/mol. The third kappa shape index (κ3) is 3.03. The Labute approximate surface area is 166 Å². The molecule has 1 aromatic rings. The van der Waals surface area contributed by atoms with Gasteiger partial charge in [0, 0.05) is 6.54 Å². The summed E-state index contributed by atoms with van der Waals surface area (Å²) in [6, 6.07) is 4.90. The largest absolute Gasteiger partial charge is 0.494 e. The Hall–Kier alpha value is -1.91. The van der Waals surface area contributed by atoms with Gasteiger partial charge in [-0.1, -0.05) is 6.07 Å². The number of sulfonamides is 1. The van der Waals surface area contributed by atoms with E-state index < -0.39 is 28.3 Å². The average molecular weight is 404 g/mol. The molecular formula is C18H25BN4O4S. The number of benzene rings is 1. The Morgan fingerprint density at radius 2 is 1.96 bits per heavy atom. The van der Waals surface area contributed by atoms with Crippen molar-refractivity contribution in [3.8, 4) is 0 Å². The number of amidine groups is 1. The minimum absolute atomic E-state index is 0.114. The molecule has 8 nitrogen and oxygen atoms in total. The van der Waals surface area contributed by atoms with E-state index in [1.165, 1.54) is 6.34 Å². The Morgan fingerprint density at radius 1 is 1.29 bits per heavy atom. The van der Waals surface area contributed by atoms with Gasteiger partial charge in [0.1, 0.15) is 10.7 Å². The zero-order valence-electron chi connectivity index (χ0n) is 16.5. The maximum atomic E-state index is 12.9. The molecule has 0 radical (unpaired) electrons. The lowest BCUT2D eigenvalue weighted by Crippen LogP contribution is -2.41. The molecule has 2 N–H and O–H groups in total. The molecular weight excluding hydrogens is 379 g/mol. The highest BCUT2D eigenvalue weighted by Crippen LogP contribution is 2.37. The van der Waals surface area contributed by atoms with Crippen molar-refractivity contribution >= 4 is 40.5 Å². The first-order valence-electron chi connectivity index (χ1n) is 9.42. The van der Waals surface area contributed by atoms with E-state index in [-0.39, 0.29) is 10.9 Å². The van der Waals surface area contributed by atoms with Gasteiger partial charge in [-0.3, -0.25) is 5.41 Å². The predicted octanol–water partition coefficient (Wildman–Crippen LogP) is 1.57. The summed E-state index contributed by atoms with van der Waals surface area (Å²) < 4.78 is 41.8. The molecule has 3 aliphatic rings. The molecule has 0 aromatic heterocycles. The maximum absolute atomic E-state index is 12.9. The van der Waals surface area contributed by atoms with Crippen LogP contribution in [0, 0.1) is 5.41 Å². The minimum Gasteiger partial charge on any atom is -0.399 e. The summed E-state index contributed by atoms with van der Waals surface area (Å²) in [6.45, 7) is 8.55. The molecule has 150 valence electrons. The molecule has 3 heterocycles. The first-order chi connectivity index (χ1) is 13.0. The Bertz CT molecular complexity index is 944. The number of likely N-dealkylation sites (tertiary alicyclic amines) is 1. The number of nitrogens with one attached hydrogen (secondary N) is 2. The van der Waals surface area contributed by atoms with Crippen LogP contribution >= 0.6 is 0 Å². The molecule has 4 rings (SSSR count). The smallest absolute Gasteiger partial charge is 0.399 e. The molecule has 0 saturated carbocycles. The van der Waals surface area contributed by atoms with Crippen LogP contribution in [-0.2, 0) is 19.3 Å². The number of anilines is 1. The molecule has 2 fully saturated rings. The van der Waals surface area contributed by atoms with Crippen LogP contribution in [-0.4, -0.2) is 56.4 Å². The molecule has 3 aliphatic heterocycles. The van der Waals surface area contributed by atoms with Gasteiger partial charge in [-0.2, -0.15) is 8.42 Å². The molecule has 0 amide bonds. The van der Waals surface area contributed by atoms with E-state index >= 15 is 0 Å². The van der Waals surface area contributed by atoms with E-state index in [1.54, 1.807) is 17.0 Å². The summed E-state index contributed by atoms with van der Waals surface area (Å²) in [4.78, 5) is 1.91. The maximum Gasteiger partial charge on any atom is 0.494 e. The van der Waals surface area contributed by atoms with Crippen LogP contribution in [0.15, 0.2) is 27.5 Å². The highest BCUT2D eigenvalue weighted by atomic mass is 32.2. The van der Waals surface area contributed by atoms with Crippen molar-refractivity contribution in [2.45, 2.75) is 62.7 Å². The fourth-order valence-electron chi connectivity index (χ4n) is 3.70. The lowest BCUT2D eigenvalue weighted by molar-refractivity contribution is 0.00578. The molecule has 1 atom stereocenters. The lowest BCUT2D eigenvalue weighted by Gasteiger charge is -2.32. The number of hydrogen-bond acceptors (Lipinski definition) is 6. The lowest BCUT2D eigenvalue weighted by atomic mass is 9.79. The van der Waals surface area contributed by atoms with Crippen molar-refractivity contribution < 1.29 is 17.7 Å². The van der Waals surface area contributed by atoms with Crippen molar-refractivity contribution in [2.24, 2.45) is 4.40 Å². The van der Waals surface area contributed by atoms with Gasteiger partial charge in [0.05, 0.1) is 29.3 Å². The summed E-state index contributed by atoms with van der Waals surface area (Å²) in [6.07, 6.45) is 2.90. The molecule has 28 heavy (non-hydrogen) atoms. The van der Waals surface area contributed by atoms with E-state index in [0.717, 1.165) is 19.4 Å². The quantitative estimate of drug-likeness (QED) is 0.450. The monoisotopic (exact) mass is 404 g/mol. The van der Waals surface area contributed by atoms with Crippen LogP contribution in [0.25, 0.3) is 0 Å². The van der Waals surface area contributed by atoms with Crippen molar-refractivity contribution in [3.63, 3.8) is 0 Å². The molecule has 2 saturated heterocycles. The van der Waals surface area contributed by atoms with E-state index in [1.807, 2.05) is 33.8 Å². The first-order valence-corrected chi connectivity index (χ1v) is 10.9. The minimum atomic E-state index is -3.86.